The van der Waals surface area contributed by atoms with E-state index < -0.39 is 22.7 Å². The summed E-state index contributed by atoms with van der Waals surface area (Å²) in [4.78, 5) is 0. The van der Waals surface area contributed by atoms with Gasteiger partial charge in [-0.25, -0.2) is 8.42 Å². The van der Waals surface area contributed by atoms with Gasteiger partial charge in [0.1, 0.15) is 0 Å². The van der Waals surface area contributed by atoms with Crippen molar-refractivity contribution in [2.24, 2.45) is 0 Å². The lowest BCUT2D eigenvalue weighted by molar-refractivity contribution is 0.0806. The average molecular weight is 293 g/mol. The van der Waals surface area contributed by atoms with Crippen molar-refractivity contribution >= 4 is 10.0 Å². The quantitative estimate of drug-likeness (QED) is 0.383. The molecule has 0 unspecified atom stereocenters. The van der Waals surface area contributed by atoms with Gasteiger partial charge in [0, 0.05) is 27.2 Å². The van der Waals surface area contributed by atoms with E-state index in [2.05, 4.69) is 10.6 Å². The largest absolute Gasteiger partial charge is 0.394 e. The molecule has 8 heteroatoms. The van der Waals surface area contributed by atoms with Crippen LogP contribution in [0.1, 0.15) is 0 Å². The summed E-state index contributed by atoms with van der Waals surface area (Å²) >= 11 is 0. The first-order chi connectivity index (χ1) is 8.85. The number of aliphatic hydroxyl groups excluding tert-OH is 2. The molecule has 1 atom stereocenters. The first-order valence-corrected chi connectivity index (χ1v) is 7.66. The Morgan fingerprint density at radius 3 is 2.37 bits per heavy atom. The summed E-state index contributed by atoms with van der Waals surface area (Å²) in [5.41, 5.74) is 0. The first-order valence-electron chi connectivity index (χ1n) is 5.81. The van der Waals surface area contributed by atoms with Crippen molar-refractivity contribution < 1.29 is 18.6 Å². The van der Waals surface area contributed by atoms with Gasteiger partial charge in [-0.15, -0.1) is 0 Å². The highest BCUT2D eigenvalue weighted by molar-refractivity contribution is 7.88. The van der Waals surface area contributed by atoms with Gasteiger partial charge >= 0.3 is 0 Å². The Balaban J connectivity index is 4.60. The fourth-order valence-corrected chi connectivity index (χ4v) is 2.07. The van der Waals surface area contributed by atoms with Crippen LogP contribution in [-0.4, -0.2) is 69.1 Å². The molecule has 0 aromatic rings. The molecule has 0 saturated carbocycles. The van der Waals surface area contributed by atoms with E-state index in [1.165, 1.54) is 0 Å². The molecule has 19 heavy (non-hydrogen) atoms. The summed E-state index contributed by atoms with van der Waals surface area (Å²) in [6.45, 7) is -0.472. The average Bonchev–Trinajstić information content (AvgIpc) is 2.35. The number of allylic oxidation sites excluding steroid dienone is 2. The second-order valence-electron chi connectivity index (χ2n) is 3.92. The van der Waals surface area contributed by atoms with Gasteiger partial charge in [-0.1, -0.05) is 12.2 Å². The summed E-state index contributed by atoms with van der Waals surface area (Å²) in [5, 5.41) is 23.9. The molecule has 4 N–H and O–H groups in total. The van der Waals surface area contributed by atoms with Crippen molar-refractivity contribution in [3.05, 3.63) is 24.0 Å². The summed E-state index contributed by atoms with van der Waals surface area (Å²) in [7, 11) is 0.0981. The Hall–Kier alpha value is -1.09. The Kier molecular flexibility index (Phi) is 8.41. The standard InChI is InChI=1S/C11H23N3O4S/c1-12-11(13-2)6-4-5-7-14(19(3,17)18)8-10(16)9-15/h4-6,10,12-13,15-16H,7-9H2,1-3H3/b5-4-/t10-/m1/s1. The predicted molar refractivity (Wildman–Crippen MR) is 74.9 cm³/mol. The van der Waals surface area contributed by atoms with Gasteiger partial charge in [0.25, 0.3) is 0 Å². The lowest BCUT2D eigenvalue weighted by atomic mass is 10.3. The Morgan fingerprint density at radius 2 is 1.95 bits per heavy atom. The van der Waals surface area contributed by atoms with Crippen LogP contribution in [0.25, 0.3) is 0 Å². The molecular weight excluding hydrogens is 270 g/mol. The van der Waals surface area contributed by atoms with E-state index in [-0.39, 0.29) is 13.1 Å². The molecule has 0 aliphatic heterocycles. The summed E-state index contributed by atoms with van der Waals surface area (Å²) in [6.07, 6.45) is 5.09. The van der Waals surface area contributed by atoms with Crippen LogP contribution in [0.4, 0.5) is 0 Å². The zero-order valence-electron chi connectivity index (χ0n) is 11.5. The van der Waals surface area contributed by atoms with Crippen LogP contribution in [-0.2, 0) is 10.0 Å². The van der Waals surface area contributed by atoms with Gasteiger partial charge in [0.15, 0.2) is 0 Å². The van der Waals surface area contributed by atoms with E-state index >= 15 is 0 Å². The molecule has 0 aromatic heterocycles. The smallest absolute Gasteiger partial charge is 0.211 e. The molecule has 0 rings (SSSR count). The molecule has 0 aliphatic carbocycles. The third-order valence-corrected chi connectivity index (χ3v) is 3.58. The zero-order chi connectivity index (χ0) is 14.9. The monoisotopic (exact) mass is 293 g/mol. The van der Waals surface area contributed by atoms with Gasteiger partial charge in [0.05, 0.1) is 24.8 Å². The highest BCUT2D eigenvalue weighted by Crippen LogP contribution is 2.00. The van der Waals surface area contributed by atoms with Crippen molar-refractivity contribution in [1.29, 1.82) is 0 Å². The van der Waals surface area contributed by atoms with Crippen LogP contribution in [0, 0.1) is 0 Å². The first kappa shape index (κ1) is 17.9. The lowest BCUT2D eigenvalue weighted by Gasteiger charge is -2.20. The fourth-order valence-electron chi connectivity index (χ4n) is 1.27. The molecule has 0 fully saturated rings. The fraction of sp³-hybridized carbons (Fsp3) is 0.636. The number of sulfonamides is 1. The molecular formula is C11H23N3O4S. The molecule has 0 radical (unpaired) electrons. The number of hydrogen-bond donors (Lipinski definition) is 4. The van der Waals surface area contributed by atoms with E-state index in [9.17, 15) is 13.5 Å². The molecule has 0 saturated heterocycles. The van der Waals surface area contributed by atoms with Gasteiger partial charge in [-0.05, 0) is 6.08 Å². The zero-order valence-corrected chi connectivity index (χ0v) is 12.3. The van der Waals surface area contributed by atoms with Crippen molar-refractivity contribution in [1.82, 2.24) is 14.9 Å². The predicted octanol–water partition coefficient (Wildman–Crippen LogP) is -1.56. The van der Waals surface area contributed by atoms with Gasteiger partial charge < -0.3 is 20.8 Å². The molecule has 0 aliphatic rings. The number of nitrogens with one attached hydrogen (secondary N) is 2. The van der Waals surface area contributed by atoms with E-state index in [1.807, 2.05) is 0 Å². The minimum absolute atomic E-state index is 0.131. The number of aliphatic hydroxyl groups is 2. The highest BCUT2D eigenvalue weighted by Gasteiger charge is 2.18. The van der Waals surface area contributed by atoms with E-state index in [1.54, 1.807) is 32.3 Å². The van der Waals surface area contributed by atoms with Crippen molar-refractivity contribution in [2.75, 3.05) is 40.0 Å². The van der Waals surface area contributed by atoms with E-state index in [0.29, 0.717) is 0 Å². The lowest BCUT2D eigenvalue weighted by Crippen LogP contribution is -2.38. The minimum atomic E-state index is -3.42. The normalized spacial score (nSPS) is 13.6. The Labute approximate surface area is 114 Å². The number of nitrogens with zero attached hydrogens (tertiary/aromatic N) is 1. The molecule has 0 spiro atoms. The second-order valence-corrected chi connectivity index (χ2v) is 5.91. The topological polar surface area (TPSA) is 102 Å². The van der Waals surface area contributed by atoms with E-state index in [0.717, 1.165) is 16.4 Å². The van der Waals surface area contributed by atoms with Crippen molar-refractivity contribution in [2.45, 2.75) is 6.10 Å². The molecule has 112 valence electrons. The van der Waals surface area contributed by atoms with Crippen molar-refractivity contribution in [3.8, 4) is 0 Å². The highest BCUT2D eigenvalue weighted by atomic mass is 32.2. The van der Waals surface area contributed by atoms with Crippen LogP contribution in [0.5, 0.6) is 0 Å². The minimum Gasteiger partial charge on any atom is -0.394 e. The molecule has 0 aromatic carbocycles. The second kappa shape index (κ2) is 8.92. The molecule has 0 bridgehead atoms. The van der Waals surface area contributed by atoms with Crippen LogP contribution in [0.3, 0.4) is 0 Å². The maximum Gasteiger partial charge on any atom is 0.211 e. The van der Waals surface area contributed by atoms with Gasteiger partial charge in [-0.3, -0.25) is 0 Å². The van der Waals surface area contributed by atoms with Crippen molar-refractivity contribution in [3.63, 3.8) is 0 Å². The van der Waals surface area contributed by atoms with E-state index in [4.69, 9.17) is 5.11 Å². The maximum absolute atomic E-state index is 11.5. The maximum atomic E-state index is 11.5. The number of rotatable bonds is 9. The summed E-state index contributed by atoms with van der Waals surface area (Å²) in [5.74, 6) is 0.789. The third-order valence-electron chi connectivity index (χ3n) is 2.34. The molecule has 0 heterocycles. The Morgan fingerprint density at radius 1 is 1.37 bits per heavy atom. The summed E-state index contributed by atoms with van der Waals surface area (Å²) in [6, 6.07) is 0. The summed E-state index contributed by atoms with van der Waals surface area (Å²) < 4.78 is 24.1. The molecule has 7 nitrogen and oxygen atoms in total. The number of hydrogen-bond acceptors (Lipinski definition) is 6. The van der Waals surface area contributed by atoms with Crippen LogP contribution < -0.4 is 10.6 Å². The van der Waals surface area contributed by atoms with Crippen LogP contribution in [0.15, 0.2) is 24.0 Å². The SMILES string of the molecule is CNC(=C/C=C\CN(C[C@@H](O)CO)S(C)(=O)=O)NC. The molecule has 0 amide bonds. The van der Waals surface area contributed by atoms with Crippen LogP contribution >= 0.6 is 0 Å². The Bertz CT molecular complexity index is 400. The van der Waals surface area contributed by atoms with Gasteiger partial charge in [-0.2, -0.15) is 4.31 Å². The van der Waals surface area contributed by atoms with Crippen LogP contribution in [0.2, 0.25) is 0 Å². The van der Waals surface area contributed by atoms with Gasteiger partial charge in [0.2, 0.25) is 10.0 Å². The third kappa shape index (κ3) is 7.83.